The summed E-state index contributed by atoms with van der Waals surface area (Å²) in [5.74, 6) is 0.605. The van der Waals surface area contributed by atoms with Gasteiger partial charge in [0, 0.05) is 10.2 Å². The lowest BCUT2D eigenvalue weighted by Crippen LogP contribution is -2.52. The van der Waals surface area contributed by atoms with Crippen molar-refractivity contribution in [2.45, 2.75) is 43.8 Å². The zero-order chi connectivity index (χ0) is 21.4. The lowest BCUT2D eigenvalue weighted by molar-refractivity contribution is -0.137. The largest absolute Gasteiger partial charge is 0.416 e. The van der Waals surface area contributed by atoms with E-state index in [0.717, 1.165) is 59.6 Å². The molecule has 0 aromatic heterocycles. The maximum absolute atomic E-state index is 13.2. The first kappa shape index (κ1) is 24.6. The highest BCUT2D eigenvalue weighted by atomic mass is 127. The molecular formula is C22H22BrF3IN3S. The summed E-state index contributed by atoms with van der Waals surface area (Å²) < 4.78 is 40.5. The van der Waals surface area contributed by atoms with Crippen LogP contribution in [0.5, 0.6) is 0 Å². The fourth-order valence-corrected chi connectivity index (χ4v) is 5.10. The van der Waals surface area contributed by atoms with Crippen LogP contribution >= 0.6 is 51.7 Å². The van der Waals surface area contributed by atoms with Crippen molar-refractivity contribution < 1.29 is 13.2 Å². The van der Waals surface area contributed by atoms with Gasteiger partial charge in [-0.15, -0.1) is 24.0 Å². The van der Waals surface area contributed by atoms with Crippen molar-refractivity contribution in [3.8, 4) is 0 Å². The zero-order valence-corrected chi connectivity index (χ0v) is 21.6. The van der Waals surface area contributed by atoms with Crippen molar-refractivity contribution in [1.82, 2.24) is 0 Å². The molecule has 1 heterocycles. The second-order valence-electron chi connectivity index (χ2n) is 7.49. The molecule has 3 nitrogen and oxygen atoms in total. The molecule has 166 valence electrons. The summed E-state index contributed by atoms with van der Waals surface area (Å²) in [7, 11) is 0. The Morgan fingerprint density at radius 1 is 1.06 bits per heavy atom. The van der Waals surface area contributed by atoms with Crippen LogP contribution in [-0.4, -0.2) is 22.8 Å². The number of thioether (sulfide) groups is 1. The Morgan fingerprint density at radius 3 is 2.35 bits per heavy atom. The van der Waals surface area contributed by atoms with Crippen LogP contribution in [0.1, 0.15) is 37.7 Å². The molecule has 0 unspecified atom stereocenters. The van der Waals surface area contributed by atoms with Gasteiger partial charge in [0.25, 0.3) is 0 Å². The molecular weight excluding hydrogens is 602 g/mol. The van der Waals surface area contributed by atoms with Crippen LogP contribution in [0.15, 0.2) is 63.0 Å². The van der Waals surface area contributed by atoms with E-state index in [9.17, 15) is 13.2 Å². The average Bonchev–Trinajstić information content (AvgIpc) is 3.01. The first-order chi connectivity index (χ1) is 14.3. The summed E-state index contributed by atoms with van der Waals surface area (Å²) in [4.78, 5) is 11.7. The molecule has 9 heteroatoms. The Kier molecular flexibility index (Phi) is 7.79. The second-order valence-corrected chi connectivity index (χ2v) is 9.18. The van der Waals surface area contributed by atoms with E-state index in [1.165, 1.54) is 17.8 Å². The fourth-order valence-electron chi connectivity index (χ4n) is 4.20. The molecule has 2 aliphatic rings. The van der Waals surface area contributed by atoms with Crippen LogP contribution < -0.4 is 4.90 Å². The number of nitrogens with zero attached hydrogens (tertiary/aromatic N) is 3. The van der Waals surface area contributed by atoms with E-state index < -0.39 is 17.3 Å². The smallest absolute Gasteiger partial charge is 0.307 e. The van der Waals surface area contributed by atoms with Gasteiger partial charge in [-0.1, -0.05) is 53.0 Å². The molecule has 1 fully saturated rings. The molecule has 4 rings (SSSR count). The number of alkyl halides is 3. The molecule has 1 saturated carbocycles. The molecule has 2 aromatic carbocycles. The predicted octanol–water partition coefficient (Wildman–Crippen LogP) is 8.06. The average molecular weight is 624 g/mol. The van der Waals surface area contributed by atoms with Crippen LogP contribution in [0, 0.1) is 0 Å². The van der Waals surface area contributed by atoms with Gasteiger partial charge >= 0.3 is 6.18 Å². The Balaban J connectivity index is 0.00000272. The van der Waals surface area contributed by atoms with Crippen molar-refractivity contribution in [2.75, 3.05) is 11.2 Å². The first-order valence-electron chi connectivity index (χ1n) is 9.78. The van der Waals surface area contributed by atoms with E-state index in [1.807, 2.05) is 30.5 Å². The predicted molar refractivity (Wildman–Crippen MR) is 137 cm³/mol. The minimum absolute atomic E-state index is 0. The van der Waals surface area contributed by atoms with Crippen LogP contribution in [-0.2, 0) is 6.18 Å². The highest BCUT2D eigenvalue weighted by molar-refractivity contribution is 14.0. The third kappa shape index (κ3) is 4.98. The number of halogens is 5. The zero-order valence-electron chi connectivity index (χ0n) is 16.8. The highest BCUT2D eigenvalue weighted by Crippen LogP contribution is 2.44. The lowest BCUT2D eigenvalue weighted by Gasteiger charge is -2.42. The van der Waals surface area contributed by atoms with E-state index in [4.69, 9.17) is 4.99 Å². The molecule has 0 atom stereocenters. The number of rotatable bonds is 2. The van der Waals surface area contributed by atoms with Gasteiger partial charge in [0.15, 0.2) is 11.0 Å². The number of hydrogen-bond acceptors (Lipinski definition) is 3. The summed E-state index contributed by atoms with van der Waals surface area (Å²) in [6.07, 6.45) is 2.52. The maximum Gasteiger partial charge on any atom is 0.416 e. The molecule has 1 aliphatic heterocycles. The molecule has 2 aromatic rings. The molecule has 0 N–H and O–H groups in total. The van der Waals surface area contributed by atoms with Gasteiger partial charge < -0.3 is 4.90 Å². The number of hydrogen-bond donors (Lipinski definition) is 0. The summed E-state index contributed by atoms with van der Waals surface area (Å²) in [6.45, 7) is 0. The topological polar surface area (TPSA) is 28.0 Å². The SMILES string of the molecule is CSC1=NC(=Nc2cccc(C(F)(F)F)c2)C2(CCCCC2)N1c1ccc(Br)cc1.I. The van der Waals surface area contributed by atoms with E-state index in [-0.39, 0.29) is 29.7 Å². The highest BCUT2D eigenvalue weighted by Gasteiger charge is 2.49. The van der Waals surface area contributed by atoms with Crippen LogP contribution in [0.25, 0.3) is 0 Å². The Labute approximate surface area is 209 Å². The Hall–Kier alpha value is -1.07. The Bertz CT molecular complexity index is 986. The minimum atomic E-state index is -4.40. The molecule has 0 radical (unpaired) electrons. The molecule has 0 bridgehead atoms. The summed E-state index contributed by atoms with van der Waals surface area (Å²) in [5.41, 5.74) is 0.173. The molecule has 31 heavy (non-hydrogen) atoms. The minimum Gasteiger partial charge on any atom is -0.307 e. The van der Waals surface area contributed by atoms with E-state index in [2.05, 4.69) is 25.8 Å². The van der Waals surface area contributed by atoms with Crippen molar-refractivity contribution >= 4 is 74.0 Å². The maximum atomic E-state index is 13.2. The molecule has 1 spiro atoms. The van der Waals surface area contributed by atoms with E-state index in [0.29, 0.717) is 5.84 Å². The normalized spacial score (nSPS) is 19.5. The standard InChI is InChI=1S/C22H21BrF3N3S.HI/c1-30-20-28-19(27-17-7-5-6-15(14-17)22(24,25)26)21(12-3-2-4-13-21)29(20)18-10-8-16(23)9-11-18;/h5-11,14H,2-4,12-13H2,1H3;1H. The van der Waals surface area contributed by atoms with E-state index >= 15 is 0 Å². The molecule has 0 amide bonds. The first-order valence-corrected chi connectivity index (χ1v) is 11.8. The van der Waals surface area contributed by atoms with E-state index in [1.54, 1.807) is 6.07 Å². The van der Waals surface area contributed by atoms with Gasteiger partial charge in [-0.2, -0.15) is 13.2 Å². The second kappa shape index (κ2) is 9.82. The monoisotopic (exact) mass is 623 g/mol. The quantitative estimate of drug-likeness (QED) is 0.317. The fraction of sp³-hybridized carbons (Fsp3) is 0.364. The molecule has 0 saturated heterocycles. The summed E-state index contributed by atoms with van der Waals surface area (Å²) in [5, 5.41) is 0.824. The Morgan fingerprint density at radius 2 is 1.74 bits per heavy atom. The van der Waals surface area contributed by atoms with Crippen LogP contribution in [0.2, 0.25) is 0 Å². The van der Waals surface area contributed by atoms with Crippen LogP contribution in [0.3, 0.4) is 0 Å². The van der Waals surface area contributed by atoms with Gasteiger partial charge in [0.05, 0.1) is 11.3 Å². The van der Waals surface area contributed by atoms with Crippen molar-refractivity contribution in [3.05, 3.63) is 58.6 Å². The van der Waals surface area contributed by atoms with Gasteiger partial charge in [0.2, 0.25) is 0 Å². The third-order valence-corrected chi connectivity index (χ3v) is 6.76. The van der Waals surface area contributed by atoms with Crippen molar-refractivity contribution in [3.63, 3.8) is 0 Å². The third-order valence-electron chi connectivity index (χ3n) is 5.59. The van der Waals surface area contributed by atoms with Gasteiger partial charge in [-0.3, -0.25) is 0 Å². The number of anilines is 1. The van der Waals surface area contributed by atoms with Crippen molar-refractivity contribution in [2.24, 2.45) is 9.98 Å². The van der Waals surface area contributed by atoms with Gasteiger partial charge in [-0.25, -0.2) is 9.98 Å². The van der Waals surface area contributed by atoms with Gasteiger partial charge in [-0.05, 0) is 61.6 Å². The number of amidine groups is 2. The lowest BCUT2D eigenvalue weighted by atomic mass is 9.79. The summed E-state index contributed by atoms with van der Waals surface area (Å²) >= 11 is 5.02. The number of aliphatic imine (C=N–C) groups is 2. The summed E-state index contributed by atoms with van der Waals surface area (Å²) in [6, 6.07) is 13.2. The van der Waals surface area contributed by atoms with Crippen molar-refractivity contribution in [1.29, 1.82) is 0 Å². The van der Waals surface area contributed by atoms with Gasteiger partial charge in [0.1, 0.15) is 5.54 Å². The van der Waals surface area contributed by atoms with Crippen LogP contribution in [0.4, 0.5) is 24.5 Å². The molecule has 1 aliphatic carbocycles. The number of benzene rings is 2.